The molecule has 0 spiro atoms. The molecule has 0 amide bonds. The van der Waals surface area contributed by atoms with Gasteiger partial charge in [-0.1, -0.05) is 12.1 Å². The van der Waals surface area contributed by atoms with Crippen LogP contribution in [0.1, 0.15) is 27.0 Å². The number of ether oxygens (including phenoxy) is 1. The number of nitriles is 1. The predicted molar refractivity (Wildman–Crippen MR) is 63.8 cm³/mol. The highest BCUT2D eigenvalue weighted by Crippen LogP contribution is 2.32. The maximum absolute atomic E-state index is 12.4. The van der Waals surface area contributed by atoms with Crippen LogP contribution in [0.25, 0.3) is 0 Å². The molecule has 0 radical (unpaired) electrons. The Morgan fingerprint density at radius 2 is 1.94 bits per heavy atom. The first kappa shape index (κ1) is 11.8. The van der Waals surface area contributed by atoms with Crippen LogP contribution in [0.5, 0.6) is 0 Å². The van der Waals surface area contributed by atoms with E-state index in [-0.39, 0.29) is 19.0 Å². The van der Waals surface area contributed by atoms with Gasteiger partial charge in [0.2, 0.25) is 0 Å². The minimum atomic E-state index is -0.952. The van der Waals surface area contributed by atoms with Crippen molar-refractivity contribution in [1.82, 2.24) is 0 Å². The second kappa shape index (κ2) is 3.97. The van der Waals surface area contributed by atoms with Crippen molar-refractivity contribution in [2.75, 3.05) is 13.2 Å². The molecule has 1 aliphatic rings. The molecule has 0 aromatic heterocycles. The molecule has 17 heavy (non-hydrogen) atoms. The zero-order chi connectivity index (χ0) is 12.6. The van der Waals surface area contributed by atoms with Crippen molar-refractivity contribution in [2.24, 2.45) is 5.41 Å². The molecular formula is C14H15NO2. The van der Waals surface area contributed by atoms with Crippen molar-refractivity contribution in [3.63, 3.8) is 0 Å². The van der Waals surface area contributed by atoms with Gasteiger partial charge in [0.25, 0.3) is 0 Å². The Balaban J connectivity index is 2.46. The monoisotopic (exact) mass is 229 g/mol. The molecule has 3 heteroatoms. The molecule has 1 aliphatic heterocycles. The minimum Gasteiger partial charge on any atom is -0.377 e. The fourth-order valence-electron chi connectivity index (χ4n) is 2.01. The Morgan fingerprint density at radius 3 is 2.41 bits per heavy atom. The number of benzene rings is 1. The van der Waals surface area contributed by atoms with Crippen molar-refractivity contribution in [3.8, 4) is 6.07 Å². The summed E-state index contributed by atoms with van der Waals surface area (Å²) in [6.07, 6.45) is 0. The van der Waals surface area contributed by atoms with E-state index in [1.807, 2.05) is 32.9 Å². The first-order chi connectivity index (χ1) is 8.02. The molecule has 1 aromatic carbocycles. The van der Waals surface area contributed by atoms with Gasteiger partial charge in [-0.15, -0.1) is 0 Å². The van der Waals surface area contributed by atoms with E-state index in [1.165, 1.54) is 0 Å². The lowest BCUT2D eigenvalue weighted by molar-refractivity contribution is -0.0566. The number of hydrogen-bond donors (Lipinski definition) is 0. The zero-order valence-electron chi connectivity index (χ0n) is 10.3. The number of ketones is 1. The summed E-state index contributed by atoms with van der Waals surface area (Å²) in [6, 6.07) is 5.85. The van der Waals surface area contributed by atoms with E-state index < -0.39 is 5.41 Å². The van der Waals surface area contributed by atoms with Crippen LogP contribution in [0.3, 0.4) is 0 Å². The van der Waals surface area contributed by atoms with Crippen LogP contribution in [0.2, 0.25) is 0 Å². The van der Waals surface area contributed by atoms with Crippen LogP contribution in [-0.4, -0.2) is 19.0 Å². The van der Waals surface area contributed by atoms with Gasteiger partial charge in [0, 0.05) is 5.56 Å². The number of carbonyl (C=O) groups is 1. The van der Waals surface area contributed by atoms with Gasteiger partial charge in [-0.05, 0) is 37.5 Å². The summed E-state index contributed by atoms with van der Waals surface area (Å²) in [5.41, 5.74) is 2.94. The van der Waals surface area contributed by atoms with E-state index in [2.05, 4.69) is 6.07 Å². The third-order valence-electron chi connectivity index (χ3n) is 3.65. The van der Waals surface area contributed by atoms with Gasteiger partial charge in [0.15, 0.2) is 11.2 Å². The molecule has 2 rings (SSSR count). The first-order valence-corrected chi connectivity index (χ1v) is 5.62. The SMILES string of the molecule is Cc1ccc(C(=O)C2(C#N)COC2)c(C)c1C. The van der Waals surface area contributed by atoms with Crippen molar-refractivity contribution < 1.29 is 9.53 Å². The first-order valence-electron chi connectivity index (χ1n) is 5.62. The second-order valence-corrected chi connectivity index (χ2v) is 4.70. The van der Waals surface area contributed by atoms with Crippen LogP contribution < -0.4 is 0 Å². The molecule has 0 unspecified atom stereocenters. The van der Waals surface area contributed by atoms with Crippen molar-refractivity contribution in [3.05, 3.63) is 34.4 Å². The van der Waals surface area contributed by atoms with Crippen molar-refractivity contribution >= 4 is 5.78 Å². The number of Topliss-reactive ketones (excluding diaryl/α,β-unsaturated/α-hetero) is 1. The van der Waals surface area contributed by atoms with Gasteiger partial charge >= 0.3 is 0 Å². The van der Waals surface area contributed by atoms with E-state index >= 15 is 0 Å². The van der Waals surface area contributed by atoms with E-state index in [9.17, 15) is 4.79 Å². The third-order valence-corrected chi connectivity index (χ3v) is 3.65. The quantitative estimate of drug-likeness (QED) is 0.731. The van der Waals surface area contributed by atoms with Crippen LogP contribution in [0.4, 0.5) is 0 Å². The minimum absolute atomic E-state index is 0.105. The van der Waals surface area contributed by atoms with E-state index in [1.54, 1.807) is 0 Å². The lowest BCUT2D eigenvalue weighted by atomic mass is 9.78. The summed E-state index contributed by atoms with van der Waals surface area (Å²) in [4.78, 5) is 12.4. The Morgan fingerprint density at radius 1 is 1.29 bits per heavy atom. The maximum atomic E-state index is 12.4. The summed E-state index contributed by atoms with van der Waals surface area (Å²) < 4.78 is 5.02. The van der Waals surface area contributed by atoms with Crippen molar-refractivity contribution in [1.29, 1.82) is 5.26 Å². The molecular weight excluding hydrogens is 214 g/mol. The Hall–Kier alpha value is -1.66. The molecule has 0 N–H and O–H groups in total. The van der Waals surface area contributed by atoms with Crippen LogP contribution in [-0.2, 0) is 4.74 Å². The smallest absolute Gasteiger partial charge is 0.188 e. The largest absolute Gasteiger partial charge is 0.377 e. The van der Waals surface area contributed by atoms with Gasteiger partial charge in [0.05, 0.1) is 19.3 Å². The standard InChI is InChI=1S/C14H15NO2/c1-9-4-5-12(11(3)10(9)2)13(16)14(6-15)7-17-8-14/h4-5H,7-8H2,1-3H3. The normalized spacial score (nSPS) is 17.1. The molecule has 1 saturated heterocycles. The zero-order valence-corrected chi connectivity index (χ0v) is 10.3. The third kappa shape index (κ3) is 1.65. The molecule has 1 heterocycles. The fourth-order valence-corrected chi connectivity index (χ4v) is 2.01. The lowest BCUT2D eigenvalue weighted by Gasteiger charge is -2.33. The predicted octanol–water partition coefficient (Wildman–Crippen LogP) is 2.33. The second-order valence-electron chi connectivity index (χ2n) is 4.70. The molecule has 3 nitrogen and oxygen atoms in total. The number of rotatable bonds is 2. The number of aryl methyl sites for hydroxylation is 1. The highest BCUT2D eigenvalue weighted by molar-refractivity contribution is 6.04. The van der Waals surface area contributed by atoms with Crippen molar-refractivity contribution in [2.45, 2.75) is 20.8 Å². The van der Waals surface area contributed by atoms with Gasteiger partial charge in [-0.2, -0.15) is 5.26 Å². The average molecular weight is 229 g/mol. The molecule has 1 fully saturated rings. The van der Waals surface area contributed by atoms with E-state index in [0.717, 1.165) is 16.7 Å². The van der Waals surface area contributed by atoms with E-state index in [4.69, 9.17) is 10.00 Å². The molecule has 0 aliphatic carbocycles. The molecule has 0 saturated carbocycles. The van der Waals surface area contributed by atoms with Gasteiger partial charge in [0.1, 0.15) is 0 Å². The lowest BCUT2D eigenvalue weighted by Crippen LogP contribution is -2.48. The molecule has 0 bridgehead atoms. The number of nitrogens with zero attached hydrogens (tertiary/aromatic N) is 1. The Labute approximate surface area is 101 Å². The van der Waals surface area contributed by atoms with Crippen LogP contribution in [0, 0.1) is 37.5 Å². The van der Waals surface area contributed by atoms with Gasteiger partial charge in [-0.3, -0.25) is 4.79 Å². The summed E-state index contributed by atoms with van der Waals surface area (Å²) >= 11 is 0. The summed E-state index contributed by atoms with van der Waals surface area (Å²) in [6.45, 7) is 6.38. The molecule has 88 valence electrons. The van der Waals surface area contributed by atoms with Gasteiger partial charge in [-0.25, -0.2) is 0 Å². The highest BCUT2D eigenvalue weighted by Gasteiger charge is 2.47. The molecule has 0 atom stereocenters. The highest BCUT2D eigenvalue weighted by atomic mass is 16.5. The number of carbonyl (C=O) groups excluding carboxylic acids is 1. The Bertz CT molecular complexity index is 522. The summed E-state index contributed by atoms with van der Waals surface area (Å²) in [7, 11) is 0. The Kier molecular flexibility index (Phi) is 2.76. The molecule has 1 aromatic rings. The van der Waals surface area contributed by atoms with Crippen LogP contribution in [0.15, 0.2) is 12.1 Å². The maximum Gasteiger partial charge on any atom is 0.188 e. The average Bonchev–Trinajstić information content (AvgIpc) is 2.25. The van der Waals surface area contributed by atoms with Crippen LogP contribution >= 0.6 is 0 Å². The summed E-state index contributed by atoms with van der Waals surface area (Å²) in [5.74, 6) is -0.105. The topological polar surface area (TPSA) is 50.1 Å². The summed E-state index contributed by atoms with van der Waals surface area (Å²) in [5, 5.41) is 9.13. The van der Waals surface area contributed by atoms with E-state index in [0.29, 0.717) is 5.56 Å². The van der Waals surface area contributed by atoms with Gasteiger partial charge < -0.3 is 4.74 Å². The fraction of sp³-hybridized carbons (Fsp3) is 0.429. The number of hydrogen-bond acceptors (Lipinski definition) is 3.